The van der Waals surface area contributed by atoms with Gasteiger partial charge in [-0.2, -0.15) is 13.2 Å². The van der Waals surface area contributed by atoms with Crippen LogP contribution >= 0.6 is 0 Å². The molecule has 1 aromatic carbocycles. The highest BCUT2D eigenvalue weighted by Gasteiger charge is 2.34. The minimum atomic E-state index is -4.61. The molecule has 258 valence electrons. The van der Waals surface area contributed by atoms with E-state index in [4.69, 9.17) is 9.47 Å². The standard InChI is InChI=1S/C32H36F4N6O5S/c1-5-30(43)41-16-21(17-41)47-20-13-27(38-24-10-12-40(2)19-23(24)33)31-39-25(28(42(31)18-20)15-32(34,35)36)7-6-11-37-26-9-8-22(48(4,44)45)14-29(26)46-3/h5,8-9,13-14,18,21,23-24,37-38H,1,10-12,15-17,19H2,2-4H3/t23-,24+/m0/s1. The molecule has 2 aromatic heterocycles. The number of methoxy groups -OCH3 is 1. The van der Waals surface area contributed by atoms with Crippen molar-refractivity contribution in [1.82, 2.24) is 19.2 Å². The average molecular weight is 693 g/mol. The van der Waals surface area contributed by atoms with E-state index in [0.29, 0.717) is 18.7 Å². The predicted molar refractivity (Wildman–Crippen MR) is 172 cm³/mol. The Labute approximate surface area is 275 Å². The third-order valence-electron chi connectivity index (χ3n) is 8.06. The fourth-order valence-electron chi connectivity index (χ4n) is 5.54. The quantitative estimate of drug-likeness (QED) is 0.187. The van der Waals surface area contributed by atoms with Crippen LogP contribution in [0, 0.1) is 11.8 Å². The number of carbonyl (C=O) groups is 1. The molecule has 0 unspecified atom stereocenters. The number of carbonyl (C=O) groups excluding carboxylic acids is 1. The van der Waals surface area contributed by atoms with Crippen LogP contribution in [0.25, 0.3) is 5.65 Å². The predicted octanol–water partition coefficient (Wildman–Crippen LogP) is 3.54. The van der Waals surface area contributed by atoms with Crippen molar-refractivity contribution in [3.63, 3.8) is 0 Å². The Morgan fingerprint density at radius 1 is 1.21 bits per heavy atom. The average Bonchev–Trinajstić information content (AvgIpc) is 3.33. The zero-order valence-corrected chi connectivity index (χ0v) is 27.4. The van der Waals surface area contributed by atoms with E-state index >= 15 is 4.39 Å². The van der Waals surface area contributed by atoms with Gasteiger partial charge in [-0.05, 0) is 37.6 Å². The molecular weight excluding hydrogens is 656 g/mol. The fraction of sp³-hybridized carbons (Fsp3) is 0.438. The van der Waals surface area contributed by atoms with Gasteiger partial charge in [0.1, 0.15) is 29.5 Å². The molecule has 16 heteroatoms. The normalized spacial score (nSPS) is 18.9. The Bertz CT molecular complexity index is 1860. The Kier molecular flexibility index (Phi) is 10.1. The number of nitrogens with one attached hydrogen (secondary N) is 2. The molecule has 2 saturated heterocycles. The number of imidazole rings is 1. The number of benzene rings is 1. The molecule has 2 aliphatic heterocycles. The summed E-state index contributed by atoms with van der Waals surface area (Å²) < 4.78 is 93.2. The number of fused-ring (bicyclic) bond motifs is 1. The van der Waals surface area contributed by atoms with Crippen molar-refractivity contribution in [1.29, 1.82) is 0 Å². The van der Waals surface area contributed by atoms with Crippen LogP contribution in [0.15, 0.2) is 48.0 Å². The highest BCUT2D eigenvalue weighted by atomic mass is 32.2. The molecule has 48 heavy (non-hydrogen) atoms. The first-order valence-corrected chi connectivity index (χ1v) is 16.9. The number of aromatic nitrogens is 2. The molecule has 11 nitrogen and oxygen atoms in total. The van der Waals surface area contributed by atoms with Gasteiger partial charge in [-0.1, -0.05) is 12.5 Å². The van der Waals surface area contributed by atoms with Gasteiger partial charge in [0.2, 0.25) is 5.91 Å². The van der Waals surface area contributed by atoms with E-state index in [0.717, 1.165) is 6.26 Å². The summed E-state index contributed by atoms with van der Waals surface area (Å²) in [5.41, 5.74) is 0.487. The van der Waals surface area contributed by atoms with Crippen LogP contribution in [-0.4, -0.2) is 111 Å². The van der Waals surface area contributed by atoms with Crippen LogP contribution in [0.1, 0.15) is 17.8 Å². The first-order chi connectivity index (χ1) is 22.6. The van der Waals surface area contributed by atoms with Gasteiger partial charge in [0, 0.05) is 31.5 Å². The lowest BCUT2D eigenvalue weighted by Gasteiger charge is -2.38. The lowest BCUT2D eigenvalue weighted by molar-refractivity contribution is -0.134. The Balaban J connectivity index is 1.48. The fourth-order valence-corrected chi connectivity index (χ4v) is 6.18. The number of halogens is 4. The van der Waals surface area contributed by atoms with E-state index in [9.17, 15) is 26.4 Å². The molecule has 2 aliphatic rings. The Morgan fingerprint density at radius 3 is 2.60 bits per heavy atom. The van der Waals surface area contributed by atoms with E-state index < -0.39 is 40.8 Å². The zero-order chi connectivity index (χ0) is 34.8. The molecule has 0 bridgehead atoms. The molecule has 0 radical (unpaired) electrons. The highest BCUT2D eigenvalue weighted by molar-refractivity contribution is 7.90. The molecular formula is C32H36F4N6O5S. The lowest BCUT2D eigenvalue weighted by Crippen LogP contribution is -2.55. The van der Waals surface area contributed by atoms with Gasteiger partial charge >= 0.3 is 6.18 Å². The number of anilines is 2. The maximum atomic E-state index is 15.1. The van der Waals surface area contributed by atoms with Crippen molar-refractivity contribution < 1.29 is 40.2 Å². The maximum absolute atomic E-state index is 15.1. The molecule has 2 atom stereocenters. The van der Waals surface area contributed by atoms with Crippen LogP contribution in [0.2, 0.25) is 0 Å². The van der Waals surface area contributed by atoms with Crippen LogP contribution < -0.4 is 20.1 Å². The number of piperidine rings is 1. The molecule has 2 fully saturated rings. The van der Waals surface area contributed by atoms with Crippen molar-refractivity contribution in [3.8, 4) is 23.3 Å². The summed E-state index contributed by atoms with van der Waals surface area (Å²) in [7, 11) is -0.287. The minimum absolute atomic E-state index is 0.0336. The van der Waals surface area contributed by atoms with Gasteiger partial charge in [0.25, 0.3) is 0 Å². The number of pyridine rings is 1. The van der Waals surface area contributed by atoms with Gasteiger partial charge in [-0.25, -0.2) is 17.8 Å². The summed E-state index contributed by atoms with van der Waals surface area (Å²) in [6, 6.07) is 5.22. The second-order valence-corrected chi connectivity index (χ2v) is 13.8. The number of amides is 1. The van der Waals surface area contributed by atoms with Crippen LogP contribution in [0.4, 0.5) is 28.9 Å². The Hall–Kier alpha value is -4.49. The van der Waals surface area contributed by atoms with Crippen molar-refractivity contribution in [2.24, 2.45) is 0 Å². The molecule has 2 N–H and O–H groups in total. The molecule has 0 aliphatic carbocycles. The first-order valence-electron chi connectivity index (χ1n) is 15.0. The maximum Gasteiger partial charge on any atom is 0.394 e. The summed E-state index contributed by atoms with van der Waals surface area (Å²) in [6.45, 7) is 4.81. The lowest BCUT2D eigenvalue weighted by atomic mass is 10.0. The number of likely N-dealkylation sites (tertiary alicyclic amines) is 2. The SMILES string of the molecule is C=CC(=O)N1CC(Oc2cc(N[C@@H]3CCN(C)C[C@@H]3F)c3nc(C#CCNc4ccc(S(C)(=O)=O)cc4OC)c(CC(F)(F)F)n3c2)C1. The van der Waals surface area contributed by atoms with Crippen molar-refractivity contribution in [2.75, 3.05) is 63.8 Å². The number of hydrogen-bond acceptors (Lipinski definition) is 9. The van der Waals surface area contributed by atoms with E-state index in [2.05, 4.69) is 34.0 Å². The van der Waals surface area contributed by atoms with Crippen LogP contribution in [0.5, 0.6) is 11.5 Å². The highest BCUT2D eigenvalue weighted by Crippen LogP contribution is 2.33. The van der Waals surface area contributed by atoms with E-state index in [1.165, 1.54) is 46.9 Å². The van der Waals surface area contributed by atoms with Crippen LogP contribution in [0.3, 0.4) is 0 Å². The van der Waals surface area contributed by atoms with Gasteiger partial charge in [-0.3, -0.25) is 9.20 Å². The number of alkyl halides is 4. The second-order valence-electron chi connectivity index (χ2n) is 11.8. The topological polar surface area (TPSA) is 118 Å². The third kappa shape index (κ3) is 8.13. The van der Waals surface area contributed by atoms with Gasteiger partial charge < -0.3 is 29.9 Å². The molecule has 0 saturated carbocycles. The number of nitrogens with zero attached hydrogens (tertiary/aromatic N) is 4. The second kappa shape index (κ2) is 13.9. The summed E-state index contributed by atoms with van der Waals surface area (Å²) in [4.78, 5) is 19.8. The minimum Gasteiger partial charge on any atom is -0.495 e. The molecule has 4 heterocycles. The van der Waals surface area contributed by atoms with Crippen molar-refractivity contribution in [3.05, 3.63) is 54.5 Å². The van der Waals surface area contributed by atoms with Crippen molar-refractivity contribution in [2.45, 2.75) is 42.2 Å². The summed E-state index contributed by atoms with van der Waals surface area (Å²) in [5.74, 6) is 5.74. The number of rotatable bonds is 10. The van der Waals surface area contributed by atoms with Gasteiger partial charge in [0.15, 0.2) is 15.5 Å². The monoisotopic (exact) mass is 692 g/mol. The van der Waals surface area contributed by atoms with E-state index in [-0.39, 0.29) is 71.2 Å². The van der Waals surface area contributed by atoms with Crippen molar-refractivity contribution >= 4 is 32.8 Å². The summed E-state index contributed by atoms with van der Waals surface area (Å²) in [6.07, 6.45) is -3.48. The first kappa shape index (κ1) is 34.8. The molecule has 0 spiro atoms. The zero-order valence-electron chi connectivity index (χ0n) is 26.6. The van der Waals surface area contributed by atoms with Gasteiger partial charge in [-0.15, -0.1) is 0 Å². The molecule has 3 aromatic rings. The summed E-state index contributed by atoms with van der Waals surface area (Å²) >= 11 is 0. The molecule has 1 amide bonds. The van der Waals surface area contributed by atoms with E-state index in [1.807, 2.05) is 11.9 Å². The molecule has 5 rings (SSSR count). The third-order valence-corrected chi connectivity index (χ3v) is 9.17. The largest absolute Gasteiger partial charge is 0.495 e. The smallest absolute Gasteiger partial charge is 0.394 e. The van der Waals surface area contributed by atoms with E-state index in [1.54, 1.807) is 6.07 Å². The Morgan fingerprint density at radius 2 is 1.96 bits per heavy atom. The van der Waals surface area contributed by atoms with Gasteiger partial charge in [0.05, 0.1) is 67.4 Å². The number of hydrogen-bond donors (Lipinski definition) is 2. The number of sulfone groups is 1. The number of ether oxygens (including phenoxy) is 2. The van der Waals surface area contributed by atoms with Crippen LogP contribution in [-0.2, 0) is 21.1 Å². The summed E-state index contributed by atoms with van der Waals surface area (Å²) in [5, 5.41) is 6.14.